The predicted molar refractivity (Wildman–Crippen MR) is 46.7 cm³/mol. The lowest BCUT2D eigenvalue weighted by Crippen LogP contribution is -2.42. The van der Waals surface area contributed by atoms with Gasteiger partial charge in [0.25, 0.3) is 0 Å². The summed E-state index contributed by atoms with van der Waals surface area (Å²) < 4.78 is 0. The number of rotatable bonds is 1. The largest absolute Gasteiger partial charge is 0.481 e. The van der Waals surface area contributed by atoms with Gasteiger partial charge in [-0.15, -0.1) is 0 Å². The van der Waals surface area contributed by atoms with Crippen LogP contribution in [0.15, 0.2) is 0 Å². The minimum Gasteiger partial charge on any atom is -0.481 e. The Morgan fingerprint density at radius 2 is 2.08 bits per heavy atom. The van der Waals surface area contributed by atoms with Gasteiger partial charge in [0, 0.05) is 6.04 Å². The van der Waals surface area contributed by atoms with Crippen LogP contribution in [0, 0.1) is 11.3 Å². The summed E-state index contributed by atoms with van der Waals surface area (Å²) in [5, 5.41) is 8.92. The van der Waals surface area contributed by atoms with Crippen LogP contribution in [0.1, 0.15) is 33.1 Å². The van der Waals surface area contributed by atoms with Crippen LogP contribution in [-0.4, -0.2) is 17.1 Å². The van der Waals surface area contributed by atoms with Gasteiger partial charge in [-0.05, 0) is 24.7 Å². The lowest BCUT2D eigenvalue weighted by Gasteiger charge is -2.38. The summed E-state index contributed by atoms with van der Waals surface area (Å²) in [6.07, 6.45) is 2.40. The maximum Gasteiger partial charge on any atom is 0.307 e. The van der Waals surface area contributed by atoms with E-state index in [1.807, 2.05) is 13.8 Å². The fourth-order valence-corrected chi connectivity index (χ4v) is 2.15. The van der Waals surface area contributed by atoms with Gasteiger partial charge in [-0.2, -0.15) is 0 Å². The Morgan fingerprint density at radius 1 is 1.50 bits per heavy atom. The molecule has 3 heteroatoms. The summed E-state index contributed by atoms with van der Waals surface area (Å²) in [6.45, 7) is 3.98. The number of nitrogens with two attached hydrogens (primary N) is 1. The number of carboxylic acids is 1. The SMILES string of the molecule is CC1(C)C[C@@H](N)CC[C@@H]1C(=O)O. The minimum atomic E-state index is -0.674. The molecule has 0 aromatic carbocycles. The molecule has 0 amide bonds. The standard InChI is InChI=1S/C9H17NO2/c1-9(2)5-6(10)3-4-7(9)8(11)12/h6-7H,3-5,10H2,1-2H3,(H,11,12)/t6-,7+/m0/s1. The zero-order valence-electron chi connectivity index (χ0n) is 7.71. The van der Waals surface area contributed by atoms with Gasteiger partial charge in [-0.1, -0.05) is 13.8 Å². The Kier molecular flexibility index (Phi) is 2.42. The fraction of sp³-hybridized carbons (Fsp3) is 0.889. The van der Waals surface area contributed by atoms with Crippen molar-refractivity contribution in [2.45, 2.75) is 39.2 Å². The van der Waals surface area contributed by atoms with Crippen LogP contribution < -0.4 is 5.73 Å². The topological polar surface area (TPSA) is 63.3 Å². The van der Waals surface area contributed by atoms with Gasteiger partial charge in [0.2, 0.25) is 0 Å². The van der Waals surface area contributed by atoms with E-state index in [2.05, 4.69) is 0 Å². The Bertz CT molecular complexity index is 189. The molecule has 1 rings (SSSR count). The average molecular weight is 171 g/mol. The highest BCUT2D eigenvalue weighted by Crippen LogP contribution is 2.39. The van der Waals surface area contributed by atoms with E-state index in [0.717, 1.165) is 19.3 Å². The third-order valence-electron chi connectivity index (χ3n) is 2.86. The number of hydrogen-bond donors (Lipinski definition) is 2. The normalized spacial score (nSPS) is 34.6. The van der Waals surface area contributed by atoms with Crippen molar-refractivity contribution in [2.75, 3.05) is 0 Å². The van der Waals surface area contributed by atoms with E-state index in [0.29, 0.717) is 0 Å². The Hall–Kier alpha value is -0.570. The number of hydrogen-bond acceptors (Lipinski definition) is 2. The van der Waals surface area contributed by atoms with E-state index in [4.69, 9.17) is 10.8 Å². The first-order chi connectivity index (χ1) is 5.43. The van der Waals surface area contributed by atoms with Crippen molar-refractivity contribution >= 4 is 5.97 Å². The molecule has 1 aliphatic carbocycles. The van der Waals surface area contributed by atoms with Crippen LogP contribution in [0.4, 0.5) is 0 Å². The van der Waals surface area contributed by atoms with Gasteiger partial charge in [0.1, 0.15) is 0 Å². The average Bonchev–Trinajstić information content (AvgIpc) is 1.82. The molecule has 0 saturated heterocycles. The van der Waals surface area contributed by atoms with Crippen LogP contribution in [0.2, 0.25) is 0 Å². The van der Waals surface area contributed by atoms with Crippen molar-refractivity contribution in [2.24, 2.45) is 17.1 Å². The van der Waals surface area contributed by atoms with Crippen LogP contribution in [-0.2, 0) is 4.79 Å². The second kappa shape index (κ2) is 3.05. The van der Waals surface area contributed by atoms with E-state index in [1.165, 1.54) is 0 Å². The zero-order valence-corrected chi connectivity index (χ0v) is 7.71. The molecular formula is C9H17NO2. The van der Waals surface area contributed by atoms with Crippen LogP contribution in [0.3, 0.4) is 0 Å². The summed E-state index contributed by atoms with van der Waals surface area (Å²) >= 11 is 0. The molecule has 0 aliphatic heterocycles. The minimum absolute atomic E-state index is 0.135. The second-order valence-electron chi connectivity index (χ2n) is 4.42. The highest BCUT2D eigenvalue weighted by atomic mass is 16.4. The van der Waals surface area contributed by atoms with Crippen LogP contribution >= 0.6 is 0 Å². The summed E-state index contributed by atoms with van der Waals surface area (Å²) in [5.41, 5.74) is 5.64. The number of carbonyl (C=O) groups is 1. The van der Waals surface area contributed by atoms with Crippen molar-refractivity contribution in [3.63, 3.8) is 0 Å². The Balaban J connectivity index is 2.70. The molecular weight excluding hydrogens is 154 g/mol. The maximum absolute atomic E-state index is 10.8. The molecule has 3 nitrogen and oxygen atoms in total. The lowest BCUT2D eigenvalue weighted by atomic mass is 9.67. The molecule has 2 atom stereocenters. The zero-order chi connectivity index (χ0) is 9.35. The molecule has 3 N–H and O–H groups in total. The number of carboxylic acid groups (broad SMARTS) is 1. The lowest BCUT2D eigenvalue weighted by molar-refractivity contribution is -0.147. The van der Waals surface area contributed by atoms with Gasteiger partial charge in [0.15, 0.2) is 0 Å². The van der Waals surface area contributed by atoms with Gasteiger partial charge in [-0.25, -0.2) is 0 Å². The van der Waals surface area contributed by atoms with E-state index in [1.54, 1.807) is 0 Å². The summed E-state index contributed by atoms with van der Waals surface area (Å²) in [5.74, 6) is -0.885. The van der Waals surface area contributed by atoms with Gasteiger partial charge in [-0.3, -0.25) is 4.79 Å². The highest BCUT2D eigenvalue weighted by molar-refractivity contribution is 5.71. The molecule has 0 heterocycles. The quantitative estimate of drug-likeness (QED) is 0.623. The first kappa shape index (κ1) is 9.52. The smallest absolute Gasteiger partial charge is 0.307 e. The van der Waals surface area contributed by atoms with Crippen molar-refractivity contribution in [3.8, 4) is 0 Å². The van der Waals surface area contributed by atoms with Gasteiger partial charge >= 0.3 is 5.97 Å². The van der Waals surface area contributed by atoms with Crippen molar-refractivity contribution in [1.82, 2.24) is 0 Å². The number of aliphatic carboxylic acids is 1. The molecule has 0 spiro atoms. The fourth-order valence-electron chi connectivity index (χ4n) is 2.15. The van der Waals surface area contributed by atoms with Crippen molar-refractivity contribution < 1.29 is 9.90 Å². The van der Waals surface area contributed by atoms with E-state index >= 15 is 0 Å². The Labute approximate surface area is 72.9 Å². The predicted octanol–water partition coefficient (Wildman–Crippen LogP) is 1.22. The molecule has 1 saturated carbocycles. The second-order valence-corrected chi connectivity index (χ2v) is 4.42. The van der Waals surface area contributed by atoms with E-state index < -0.39 is 5.97 Å². The third kappa shape index (κ3) is 1.78. The molecule has 0 unspecified atom stereocenters. The van der Waals surface area contributed by atoms with Crippen molar-refractivity contribution in [3.05, 3.63) is 0 Å². The first-order valence-electron chi connectivity index (χ1n) is 4.42. The summed E-state index contributed by atoms with van der Waals surface area (Å²) in [7, 11) is 0. The monoisotopic (exact) mass is 171 g/mol. The Morgan fingerprint density at radius 3 is 2.50 bits per heavy atom. The third-order valence-corrected chi connectivity index (χ3v) is 2.86. The molecule has 12 heavy (non-hydrogen) atoms. The first-order valence-corrected chi connectivity index (χ1v) is 4.42. The van der Waals surface area contributed by atoms with Crippen LogP contribution in [0.5, 0.6) is 0 Å². The van der Waals surface area contributed by atoms with Gasteiger partial charge in [0.05, 0.1) is 5.92 Å². The van der Waals surface area contributed by atoms with E-state index in [-0.39, 0.29) is 17.4 Å². The molecule has 1 fully saturated rings. The highest BCUT2D eigenvalue weighted by Gasteiger charge is 2.39. The molecule has 0 bridgehead atoms. The van der Waals surface area contributed by atoms with Gasteiger partial charge < -0.3 is 10.8 Å². The molecule has 0 radical (unpaired) electrons. The molecule has 0 aromatic heterocycles. The van der Waals surface area contributed by atoms with Crippen LogP contribution in [0.25, 0.3) is 0 Å². The summed E-state index contributed by atoms with van der Waals surface area (Å²) in [6, 6.07) is 0.190. The molecule has 0 aromatic rings. The van der Waals surface area contributed by atoms with E-state index in [9.17, 15) is 4.79 Å². The molecule has 70 valence electrons. The molecule has 1 aliphatic rings. The van der Waals surface area contributed by atoms with Crippen molar-refractivity contribution in [1.29, 1.82) is 0 Å². The maximum atomic E-state index is 10.8. The summed E-state index contributed by atoms with van der Waals surface area (Å²) in [4.78, 5) is 10.8.